The van der Waals surface area contributed by atoms with Crippen LogP contribution in [0.4, 0.5) is 5.69 Å². The molecule has 0 saturated carbocycles. The number of ether oxygens (including phenoxy) is 1. The van der Waals surface area contributed by atoms with Gasteiger partial charge in [0.05, 0.1) is 4.88 Å². The van der Waals surface area contributed by atoms with E-state index in [0.29, 0.717) is 16.5 Å². The zero-order chi connectivity index (χ0) is 19.1. The SMILES string of the molecule is CC(C)c1ccc(NC(=O)[C@@H](C)OC(=O)CNC(=O)c2cccs2)cc1. The Morgan fingerprint density at radius 1 is 1.08 bits per heavy atom. The Morgan fingerprint density at radius 2 is 1.77 bits per heavy atom. The Labute approximate surface area is 156 Å². The highest BCUT2D eigenvalue weighted by molar-refractivity contribution is 7.12. The topological polar surface area (TPSA) is 84.5 Å². The summed E-state index contributed by atoms with van der Waals surface area (Å²) in [5.74, 6) is -1.05. The average molecular weight is 374 g/mol. The number of carbonyl (C=O) groups is 3. The molecule has 2 amide bonds. The van der Waals surface area contributed by atoms with Crippen LogP contribution in [-0.2, 0) is 14.3 Å². The number of hydrogen-bond donors (Lipinski definition) is 2. The van der Waals surface area contributed by atoms with E-state index in [2.05, 4.69) is 24.5 Å². The molecule has 1 aromatic heterocycles. The Bertz CT molecular complexity index is 754. The number of amides is 2. The summed E-state index contributed by atoms with van der Waals surface area (Å²) in [5.41, 5.74) is 1.80. The van der Waals surface area contributed by atoms with Gasteiger partial charge in [-0.05, 0) is 42.0 Å². The third kappa shape index (κ3) is 5.70. The Morgan fingerprint density at radius 3 is 2.35 bits per heavy atom. The van der Waals surface area contributed by atoms with Crippen molar-refractivity contribution in [1.29, 1.82) is 0 Å². The predicted molar refractivity (Wildman–Crippen MR) is 101 cm³/mol. The molecule has 0 aliphatic carbocycles. The standard InChI is InChI=1S/C19H22N2O4S/c1-12(2)14-6-8-15(9-7-14)21-18(23)13(3)25-17(22)11-20-19(24)16-5-4-10-26-16/h4-10,12-13H,11H2,1-3H3,(H,20,24)(H,21,23)/t13-/m1/s1. The fraction of sp³-hybridized carbons (Fsp3) is 0.316. The molecule has 2 aromatic rings. The van der Waals surface area contributed by atoms with Crippen molar-refractivity contribution in [3.05, 3.63) is 52.2 Å². The van der Waals surface area contributed by atoms with Gasteiger partial charge in [0.2, 0.25) is 0 Å². The third-order valence-electron chi connectivity index (χ3n) is 3.66. The highest BCUT2D eigenvalue weighted by Gasteiger charge is 2.18. The molecule has 0 saturated heterocycles. The molecule has 0 fully saturated rings. The van der Waals surface area contributed by atoms with Gasteiger partial charge in [-0.25, -0.2) is 0 Å². The minimum absolute atomic E-state index is 0.294. The van der Waals surface area contributed by atoms with E-state index < -0.39 is 18.0 Å². The Kier molecular flexibility index (Phi) is 6.91. The number of nitrogens with one attached hydrogen (secondary N) is 2. The van der Waals surface area contributed by atoms with Gasteiger partial charge in [-0.2, -0.15) is 0 Å². The molecule has 0 aliphatic rings. The average Bonchev–Trinajstić information content (AvgIpc) is 3.14. The number of carbonyl (C=O) groups excluding carboxylic acids is 3. The molecule has 1 atom stereocenters. The van der Waals surface area contributed by atoms with Crippen LogP contribution >= 0.6 is 11.3 Å². The number of hydrogen-bond acceptors (Lipinski definition) is 5. The van der Waals surface area contributed by atoms with Crippen LogP contribution in [0.3, 0.4) is 0 Å². The van der Waals surface area contributed by atoms with Gasteiger partial charge >= 0.3 is 5.97 Å². The van der Waals surface area contributed by atoms with E-state index >= 15 is 0 Å². The molecule has 6 nitrogen and oxygen atoms in total. The minimum Gasteiger partial charge on any atom is -0.451 e. The maximum atomic E-state index is 12.1. The first-order valence-corrected chi connectivity index (χ1v) is 9.16. The molecule has 2 N–H and O–H groups in total. The van der Waals surface area contributed by atoms with Crippen LogP contribution in [0, 0.1) is 0 Å². The van der Waals surface area contributed by atoms with Gasteiger partial charge in [0.25, 0.3) is 11.8 Å². The van der Waals surface area contributed by atoms with E-state index in [4.69, 9.17) is 4.74 Å². The summed E-state index contributed by atoms with van der Waals surface area (Å²) >= 11 is 1.28. The van der Waals surface area contributed by atoms with Gasteiger partial charge in [0.1, 0.15) is 6.54 Å². The molecule has 0 unspecified atom stereocenters. The van der Waals surface area contributed by atoms with Crippen LogP contribution in [-0.4, -0.2) is 30.4 Å². The van der Waals surface area contributed by atoms with Gasteiger partial charge in [0.15, 0.2) is 6.10 Å². The van der Waals surface area contributed by atoms with Crippen molar-refractivity contribution in [2.45, 2.75) is 32.8 Å². The van der Waals surface area contributed by atoms with Crippen molar-refractivity contribution in [1.82, 2.24) is 5.32 Å². The highest BCUT2D eigenvalue weighted by Crippen LogP contribution is 2.17. The Balaban J connectivity index is 1.78. The maximum absolute atomic E-state index is 12.1. The number of esters is 1. The molecule has 1 heterocycles. The van der Waals surface area contributed by atoms with Crippen molar-refractivity contribution in [2.75, 3.05) is 11.9 Å². The lowest BCUT2D eigenvalue weighted by molar-refractivity contribution is -0.152. The van der Waals surface area contributed by atoms with Gasteiger partial charge in [0, 0.05) is 5.69 Å². The second-order valence-electron chi connectivity index (χ2n) is 6.06. The summed E-state index contributed by atoms with van der Waals surface area (Å²) in [4.78, 5) is 36.2. The van der Waals surface area contributed by atoms with Crippen LogP contribution in [0.5, 0.6) is 0 Å². The number of anilines is 1. The number of benzene rings is 1. The van der Waals surface area contributed by atoms with E-state index in [1.807, 2.05) is 24.3 Å². The van der Waals surface area contributed by atoms with Gasteiger partial charge < -0.3 is 15.4 Å². The van der Waals surface area contributed by atoms with E-state index in [0.717, 1.165) is 0 Å². The molecule has 7 heteroatoms. The van der Waals surface area contributed by atoms with Crippen LogP contribution in [0.15, 0.2) is 41.8 Å². The molecular formula is C19H22N2O4S. The van der Waals surface area contributed by atoms with Crippen molar-refractivity contribution in [3.63, 3.8) is 0 Å². The number of rotatable bonds is 7. The molecule has 0 spiro atoms. The van der Waals surface area contributed by atoms with Crippen molar-refractivity contribution in [2.24, 2.45) is 0 Å². The molecule has 0 aliphatic heterocycles. The molecular weight excluding hydrogens is 352 g/mol. The van der Waals surface area contributed by atoms with Crippen LogP contribution in [0.25, 0.3) is 0 Å². The molecule has 1 aromatic carbocycles. The summed E-state index contributed by atoms with van der Waals surface area (Å²) in [5, 5.41) is 6.93. The van der Waals surface area contributed by atoms with E-state index in [1.165, 1.54) is 23.8 Å². The second-order valence-corrected chi connectivity index (χ2v) is 7.01. The smallest absolute Gasteiger partial charge is 0.326 e. The molecule has 0 bridgehead atoms. The first kappa shape index (κ1) is 19.7. The molecule has 2 rings (SSSR count). The zero-order valence-corrected chi connectivity index (χ0v) is 15.8. The van der Waals surface area contributed by atoms with Crippen molar-refractivity contribution in [3.8, 4) is 0 Å². The lowest BCUT2D eigenvalue weighted by atomic mass is 10.0. The Hall–Kier alpha value is -2.67. The molecule has 0 radical (unpaired) electrons. The summed E-state index contributed by atoms with van der Waals surface area (Å²) in [6.07, 6.45) is -0.967. The molecule has 138 valence electrons. The number of thiophene rings is 1. The summed E-state index contributed by atoms with van der Waals surface area (Å²) < 4.78 is 5.05. The lowest BCUT2D eigenvalue weighted by Gasteiger charge is -2.14. The van der Waals surface area contributed by atoms with E-state index in [1.54, 1.807) is 17.5 Å². The first-order valence-electron chi connectivity index (χ1n) is 8.29. The van der Waals surface area contributed by atoms with Crippen LogP contribution in [0.2, 0.25) is 0 Å². The second kappa shape index (κ2) is 9.15. The van der Waals surface area contributed by atoms with Crippen molar-refractivity contribution >= 4 is 34.8 Å². The van der Waals surface area contributed by atoms with Crippen LogP contribution in [0.1, 0.15) is 41.9 Å². The first-order chi connectivity index (χ1) is 12.4. The monoisotopic (exact) mass is 374 g/mol. The van der Waals surface area contributed by atoms with Crippen LogP contribution < -0.4 is 10.6 Å². The highest BCUT2D eigenvalue weighted by atomic mass is 32.1. The van der Waals surface area contributed by atoms with Gasteiger partial charge in [-0.3, -0.25) is 14.4 Å². The minimum atomic E-state index is -0.967. The predicted octanol–water partition coefficient (Wildman–Crippen LogP) is 3.17. The largest absolute Gasteiger partial charge is 0.451 e. The molecule has 26 heavy (non-hydrogen) atoms. The van der Waals surface area contributed by atoms with Gasteiger partial charge in [-0.1, -0.05) is 32.0 Å². The third-order valence-corrected chi connectivity index (χ3v) is 4.53. The maximum Gasteiger partial charge on any atom is 0.326 e. The van der Waals surface area contributed by atoms with Gasteiger partial charge in [-0.15, -0.1) is 11.3 Å². The summed E-state index contributed by atoms with van der Waals surface area (Å²) in [6, 6.07) is 10.9. The zero-order valence-electron chi connectivity index (χ0n) is 14.9. The fourth-order valence-electron chi connectivity index (χ4n) is 2.13. The van der Waals surface area contributed by atoms with Crippen molar-refractivity contribution < 1.29 is 19.1 Å². The van der Waals surface area contributed by atoms with E-state index in [9.17, 15) is 14.4 Å². The summed E-state index contributed by atoms with van der Waals surface area (Å²) in [6.45, 7) is 5.37. The fourth-order valence-corrected chi connectivity index (χ4v) is 2.78. The quantitative estimate of drug-likeness (QED) is 0.729. The summed E-state index contributed by atoms with van der Waals surface area (Å²) in [7, 11) is 0. The normalized spacial score (nSPS) is 11.7. The lowest BCUT2D eigenvalue weighted by Crippen LogP contribution is -2.35. The van der Waals surface area contributed by atoms with E-state index in [-0.39, 0.29) is 12.5 Å².